The molecule has 110 valence electrons. The van der Waals surface area contributed by atoms with Crippen molar-refractivity contribution in [2.75, 3.05) is 26.0 Å². The Balaban J connectivity index is 3.04. The Hall–Kier alpha value is -1.15. The molecule has 0 bridgehead atoms. The molecule has 0 radical (unpaired) electrons. The zero-order valence-electron chi connectivity index (χ0n) is 11.2. The number of hydrogen-bond acceptors (Lipinski definition) is 3. The van der Waals surface area contributed by atoms with Gasteiger partial charge in [-0.3, -0.25) is 0 Å². The lowest BCUT2D eigenvalue weighted by Gasteiger charge is -2.15. The van der Waals surface area contributed by atoms with Crippen LogP contribution in [0.15, 0.2) is 35.7 Å². The summed E-state index contributed by atoms with van der Waals surface area (Å²) in [4.78, 5) is 0.0284. The van der Waals surface area contributed by atoms with Crippen LogP contribution in [-0.4, -0.2) is 38.5 Å². The van der Waals surface area contributed by atoms with Gasteiger partial charge in [-0.05, 0) is 30.4 Å². The van der Waals surface area contributed by atoms with Gasteiger partial charge in [-0.2, -0.15) is 0 Å². The topological polar surface area (TPSA) is 61.4 Å². The van der Waals surface area contributed by atoms with Gasteiger partial charge in [0.2, 0.25) is 10.0 Å². The van der Waals surface area contributed by atoms with E-state index in [4.69, 9.17) is 23.8 Å². The predicted octanol–water partition coefficient (Wildman–Crippen LogP) is 2.06. The zero-order chi connectivity index (χ0) is 15.3. The third-order valence-corrected chi connectivity index (χ3v) is 4.90. The van der Waals surface area contributed by atoms with Crippen molar-refractivity contribution in [3.63, 3.8) is 0 Å². The quantitative estimate of drug-likeness (QED) is 0.638. The minimum atomic E-state index is -3.60. The van der Waals surface area contributed by atoms with E-state index in [0.717, 1.165) is 4.31 Å². The number of hydrogen-bond donors (Lipinski definition) is 2. The molecule has 5 nitrogen and oxygen atoms in total. The Kier molecular flexibility index (Phi) is 5.94. The maximum Gasteiger partial charge on any atom is 0.244 e. The first kappa shape index (κ1) is 16.9. The molecule has 0 unspecified atom stereocenters. The molecule has 1 aromatic rings. The third kappa shape index (κ3) is 4.17. The molecule has 0 aliphatic rings. The number of nitrogens with one attached hydrogen (secondary N) is 2. The highest BCUT2D eigenvalue weighted by Gasteiger charge is 2.21. The van der Waals surface area contributed by atoms with Crippen LogP contribution in [0.4, 0.5) is 5.69 Å². The fourth-order valence-electron chi connectivity index (χ4n) is 1.32. The van der Waals surface area contributed by atoms with Crippen molar-refractivity contribution in [1.29, 1.82) is 0 Å². The standard InChI is InChI=1S/C12H16ClN3O2S2/c1-4-7-14-12(19)15-9-5-6-10(13)11(8-9)20(17,18)16(2)3/h4-6,8H,1,7H2,2-3H3,(H2,14,15,19). The third-order valence-electron chi connectivity index (χ3n) is 2.35. The van der Waals surface area contributed by atoms with E-state index in [2.05, 4.69) is 17.2 Å². The van der Waals surface area contributed by atoms with Gasteiger partial charge in [-0.1, -0.05) is 17.7 Å². The van der Waals surface area contributed by atoms with Gasteiger partial charge in [0, 0.05) is 26.3 Å². The first-order chi connectivity index (χ1) is 9.28. The summed E-state index contributed by atoms with van der Waals surface area (Å²) in [6.45, 7) is 4.08. The van der Waals surface area contributed by atoms with E-state index in [1.165, 1.54) is 26.2 Å². The van der Waals surface area contributed by atoms with E-state index in [0.29, 0.717) is 17.3 Å². The molecule has 0 heterocycles. The molecule has 0 saturated heterocycles. The van der Waals surface area contributed by atoms with Crippen LogP contribution in [0.3, 0.4) is 0 Å². The summed E-state index contributed by atoms with van der Waals surface area (Å²) in [5, 5.41) is 6.31. The van der Waals surface area contributed by atoms with Gasteiger partial charge < -0.3 is 10.6 Å². The first-order valence-corrected chi connectivity index (χ1v) is 7.89. The minimum absolute atomic E-state index is 0.0284. The molecule has 20 heavy (non-hydrogen) atoms. The highest BCUT2D eigenvalue weighted by Crippen LogP contribution is 2.26. The molecule has 0 saturated carbocycles. The van der Waals surface area contributed by atoms with Crippen LogP contribution >= 0.6 is 23.8 Å². The molecule has 0 aromatic heterocycles. The number of nitrogens with zero attached hydrogens (tertiary/aromatic N) is 1. The largest absolute Gasteiger partial charge is 0.359 e. The summed E-state index contributed by atoms with van der Waals surface area (Å²) >= 11 is 11.0. The second-order valence-corrected chi connectivity index (χ2v) is 6.99. The van der Waals surface area contributed by atoms with Gasteiger partial charge in [-0.25, -0.2) is 12.7 Å². The highest BCUT2D eigenvalue weighted by molar-refractivity contribution is 7.89. The van der Waals surface area contributed by atoms with E-state index in [9.17, 15) is 8.42 Å². The molecule has 8 heteroatoms. The Morgan fingerprint density at radius 2 is 2.15 bits per heavy atom. The number of rotatable bonds is 5. The lowest BCUT2D eigenvalue weighted by molar-refractivity contribution is 0.521. The summed E-state index contributed by atoms with van der Waals surface area (Å²) in [7, 11) is -0.708. The normalized spacial score (nSPS) is 11.2. The molecule has 0 aliphatic heterocycles. The number of anilines is 1. The summed E-state index contributed by atoms with van der Waals surface area (Å²) < 4.78 is 25.3. The van der Waals surface area contributed by atoms with E-state index >= 15 is 0 Å². The van der Waals surface area contributed by atoms with Crippen molar-refractivity contribution in [3.8, 4) is 0 Å². The van der Waals surface area contributed by atoms with Crippen molar-refractivity contribution in [3.05, 3.63) is 35.9 Å². The molecule has 2 N–H and O–H groups in total. The lowest BCUT2D eigenvalue weighted by atomic mass is 10.3. The number of thiocarbonyl (C=S) groups is 1. The Morgan fingerprint density at radius 3 is 2.70 bits per heavy atom. The molecular weight excluding hydrogens is 318 g/mol. The SMILES string of the molecule is C=CCNC(=S)Nc1ccc(Cl)c(S(=O)(=O)N(C)C)c1. The maximum atomic E-state index is 12.1. The number of halogens is 1. The second-order valence-electron chi connectivity index (χ2n) is 4.06. The Morgan fingerprint density at radius 1 is 1.50 bits per heavy atom. The van der Waals surface area contributed by atoms with Crippen molar-refractivity contribution >= 4 is 44.6 Å². The van der Waals surface area contributed by atoms with Crippen LogP contribution in [0, 0.1) is 0 Å². The summed E-state index contributed by atoms with van der Waals surface area (Å²) in [5.74, 6) is 0. The van der Waals surface area contributed by atoms with Gasteiger partial charge in [0.25, 0.3) is 0 Å². The zero-order valence-corrected chi connectivity index (χ0v) is 13.6. The molecule has 0 amide bonds. The van der Waals surface area contributed by atoms with Gasteiger partial charge in [0.1, 0.15) is 4.90 Å². The van der Waals surface area contributed by atoms with Crippen LogP contribution in [0.2, 0.25) is 5.02 Å². The summed E-state index contributed by atoms with van der Waals surface area (Å²) in [6.07, 6.45) is 1.66. The van der Waals surface area contributed by atoms with Crippen LogP contribution in [0.1, 0.15) is 0 Å². The van der Waals surface area contributed by atoms with E-state index in [-0.39, 0.29) is 9.92 Å². The monoisotopic (exact) mass is 333 g/mol. The molecule has 1 aromatic carbocycles. The molecule has 0 aliphatic carbocycles. The summed E-state index contributed by atoms with van der Waals surface area (Å²) in [5.41, 5.74) is 0.538. The first-order valence-electron chi connectivity index (χ1n) is 5.67. The highest BCUT2D eigenvalue weighted by atomic mass is 35.5. The van der Waals surface area contributed by atoms with Crippen LogP contribution in [0.5, 0.6) is 0 Å². The van der Waals surface area contributed by atoms with E-state index in [1.54, 1.807) is 12.1 Å². The van der Waals surface area contributed by atoms with Crippen LogP contribution in [-0.2, 0) is 10.0 Å². The fraction of sp³-hybridized carbons (Fsp3) is 0.250. The molecule has 1 rings (SSSR count). The van der Waals surface area contributed by atoms with Gasteiger partial charge >= 0.3 is 0 Å². The van der Waals surface area contributed by atoms with E-state index in [1.807, 2.05) is 0 Å². The van der Waals surface area contributed by atoms with Crippen molar-refractivity contribution in [2.45, 2.75) is 4.90 Å². The Labute approximate surface area is 129 Å². The van der Waals surface area contributed by atoms with Crippen LogP contribution < -0.4 is 10.6 Å². The van der Waals surface area contributed by atoms with Gasteiger partial charge in [-0.15, -0.1) is 6.58 Å². The van der Waals surface area contributed by atoms with Crippen molar-refractivity contribution in [2.24, 2.45) is 0 Å². The minimum Gasteiger partial charge on any atom is -0.359 e. The van der Waals surface area contributed by atoms with Crippen molar-refractivity contribution in [1.82, 2.24) is 9.62 Å². The molecule has 0 fully saturated rings. The Bertz CT molecular complexity index is 615. The fourth-order valence-corrected chi connectivity index (χ4v) is 2.91. The predicted molar refractivity (Wildman–Crippen MR) is 86.7 cm³/mol. The molecule has 0 spiro atoms. The number of sulfonamides is 1. The van der Waals surface area contributed by atoms with Crippen molar-refractivity contribution < 1.29 is 8.42 Å². The summed E-state index contributed by atoms with van der Waals surface area (Å²) in [6, 6.07) is 4.61. The van der Waals surface area contributed by atoms with Gasteiger partial charge in [0.05, 0.1) is 5.02 Å². The maximum absolute atomic E-state index is 12.1. The average Bonchev–Trinajstić information content (AvgIpc) is 2.38. The second kappa shape index (κ2) is 7.03. The number of benzene rings is 1. The lowest BCUT2D eigenvalue weighted by Crippen LogP contribution is -2.28. The van der Waals surface area contributed by atoms with E-state index < -0.39 is 10.0 Å². The smallest absolute Gasteiger partial charge is 0.244 e. The average molecular weight is 334 g/mol. The molecule has 0 atom stereocenters. The molecular formula is C12H16ClN3O2S2. The van der Waals surface area contributed by atoms with Gasteiger partial charge in [0.15, 0.2) is 5.11 Å². The van der Waals surface area contributed by atoms with Crippen LogP contribution in [0.25, 0.3) is 0 Å².